The Morgan fingerprint density at radius 2 is 1.92 bits per heavy atom. The zero-order valence-corrected chi connectivity index (χ0v) is 22.2. The number of carbonyl (C=O) groups excluding carboxylic acids is 4. The molecule has 0 aliphatic heterocycles. The highest BCUT2D eigenvalue weighted by Crippen LogP contribution is 2.27. The van der Waals surface area contributed by atoms with Crippen LogP contribution in [0, 0.1) is 18.3 Å². The van der Waals surface area contributed by atoms with Gasteiger partial charge in [0.1, 0.15) is 36.5 Å². The predicted octanol–water partition coefficient (Wildman–Crippen LogP) is 2.03. The van der Waals surface area contributed by atoms with E-state index in [-0.39, 0.29) is 12.2 Å². The van der Waals surface area contributed by atoms with Crippen LogP contribution in [0.25, 0.3) is 0 Å². The molecular weight excluding hydrogens is 488 g/mol. The van der Waals surface area contributed by atoms with Crippen molar-refractivity contribution < 1.29 is 33.8 Å². The van der Waals surface area contributed by atoms with E-state index >= 15 is 0 Å². The molecule has 0 saturated carbocycles. The second-order valence-corrected chi connectivity index (χ2v) is 9.83. The zero-order valence-electron chi connectivity index (χ0n) is 21.4. The monoisotopic (exact) mass is 522 g/mol. The van der Waals surface area contributed by atoms with Crippen LogP contribution in [0.5, 0.6) is 5.75 Å². The lowest BCUT2D eigenvalue weighted by molar-refractivity contribution is -0.144. The number of amides is 3. The average Bonchev–Trinajstić information content (AvgIpc) is 2.80. The summed E-state index contributed by atoms with van der Waals surface area (Å²) >= 11 is 1.45. The number of rotatable bonds is 11. The third kappa shape index (κ3) is 9.65. The van der Waals surface area contributed by atoms with Crippen molar-refractivity contribution in [3.8, 4) is 11.8 Å². The number of benzene rings is 1. The molecule has 1 aromatic rings. The first-order valence-electron chi connectivity index (χ1n) is 11.1. The van der Waals surface area contributed by atoms with E-state index in [2.05, 4.69) is 15.4 Å². The van der Waals surface area contributed by atoms with E-state index in [1.165, 1.54) is 37.1 Å². The zero-order chi connectivity index (χ0) is 27.5. The Hall–Kier alpha value is -3.46. The first-order valence-corrected chi connectivity index (χ1v) is 12.5. The lowest BCUT2D eigenvalue weighted by Gasteiger charge is -2.33. The highest BCUT2D eigenvalue weighted by molar-refractivity contribution is 7.98. The number of thioether (sulfide) groups is 1. The number of aromatic hydroxyl groups is 1. The lowest BCUT2D eigenvalue weighted by Crippen LogP contribution is -2.53. The van der Waals surface area contributed by atoms with Crippen LogP contribution < -0.4 is 10.6 Å². The third-order valence-electron chi connectivity index (χ3n) is 4.86. The quantitative estimate of drug-likeness (QED) is 0.292. The fourth-order valence-electron chi connectivity index (χ4n) is 3.17. The molecule has 2 unspecified atom stereocenters. The fraction of sp³-hybridized carbons (Fsp3) is 0.542. The van der Waals surface area contributed by atoms with Crippen LogP contribution in [-0.2, 0) is 23.9 Å². The minimum Gasteiger partial charge on any atom is -0.508 e. The van der Waals surface area contributed by atoms with Gasteiger partial charge in [0.25, 0.3) is 0 Å². The van der Waals surface area contributed by atoms with E-state index in [0.717, 1.165) is 4.90 Å². The summed E-state index contributed by atoms with van der Waals surface area (Å²) < 4.78 is 9.84. The third-order valence-corrected chi connectivity index (χ3v) is 5.50. The Morgan fingerprint density at radius 1 is 1.25 bits per heavy atom. The van der Waals surface area contributed by atoms with Gasteiger partial charge in [-0.15, -0.1) is 0 Å². The molecule has 0 spiro atoms. The Morgan fingerprint density at radius 3 is 2.44 bits per heavy atom. The van der Waals surface area contributed by atoms with Gasteiger partial charge in [-0.2, -0.15) is 17.0 Å². The van der Waals surface area contributed by atoms with Gasteiger partial charge in [-0.1, -0.05) is 6.07 Å². The van der Waals surface area contributed by atoms with Crippen molar-refractivity contribution >= 4 is 35.6 Å². The summed E-state index contributed by atoms with van der Waals surface area (Å²) in [6.45, 7) is 5.72. The van der Waals surface area contributed by atoms with Gasteiger partial charge in [0.15, 0.2) is 0 Å². The number of carbonyl (C=O) groups is 4. The Balaban J connectivity index is 3.45. The molecule has 1 aromatic carbocycles. The topological polar surface area (TPSA) is 158 Å². The van der Waals surface area contributed by atoms with Crippen molar-refractivity contribution in [2.24, 2.45) is 0 Å². The van der Waals surface area contributed by atoms with Gasteiger partial charge in [0.2, 0.25) is 11.8 Å². The second kappa shape index (κ2) is 14.2. The van der Waals surface area contributed by atoms with Gasteiger partial charge in [-0.05, 0) is 69.4 Å². The van der Waals surface area contributed by atoms with Gasteiger partial charge in [0.05, 0.1) is 13.2 Å². The molecule has 0 saturated heterocycles. The number of hydrogen-bond acceptors (Lipinski definition) is 9. The number of phenolic OH excluding ortho intramolecular Hbond substituents is 1. The van der Waals surface area contributed by atoms with E-state index in [9.17, 15) is 29.5 Å². The Labute approximate surface area is 215 Å². The van der Waals surface area contributed by atoms with Crippen molar-refractivity contribution in [1.29, 1.82) is 5.26 Å². The molecule has 198 valence electrons. The predicted molar refractivity (Wildman–Crippen MR) is 134 cm³/mol. The van der Waals surface area contributed by atoms with Gasteiger partial charge < -0.3 is 30.1 Å². The summed E-state index contributed by atoms with van der Waals surface area (Å²) in [5.74, 6) is -1.64. The normalized spacial score (nSPS) is 12.5. The molecule has 0 aliphatic rings. The number of esters is 1. The number of methoxy groups -OCH3 is 1. The lowest BCUT2D eigenvalue weighted by atomic mass is 10.00. The fourth-order valence-corrected chi connectivity index (χ4v) is 3.64. The molecule has 36 heavy (non-hydrogen) atoms. The molecule has 0 bridgehead atoms. The largest absolute Gasteiger partial charge is 0.508 e. The maximum Gasteiger partial charge on any atom is 0.408 e. The number of nitrogens with one attached hydrogen (secondary N) is 2. The van der Waals surface area contributed by atoms with Crippen LogP contribution in [0.1, 0.15) is 44.4 Å². The molecule has 1 rings (SSSR count). The van der Waals surface area contributed by atoms with E-state index in [4.69, 9.17) is 4.74 Å². The minimum absolute atomic E-state index is 0.0185. The highest BCUT2D eigenvalue weighted by atomic mass is 32.2. The number of alkyl carbamates (subject to hydrolysis) is 1. The Kier molecular flexibility index (Phi) is 12.0. The summed E-state index contributed by atoms with van der Waals surface area (Å²) in [5, 5.41) is 24.4. The van der Waals surface area contributed by atoms with Crippen LogP contribution in [0.2, 0.25) is 0 Å². The first kappa shape index (κ1) is 30.6. The number of nitrogens with zero attached hydrogens (tertiary/aromatic N) is 2. The van der Waals surface area contributed by atoms with Crippen molar-refractivity contribution in [3.63, 3.8) is 0 Å². The van der Waals surface area contributed by atoms with Gasteiger partial charge in [-0.3, -0.25) is 14.4 Å². The summed E-state index contributed by atoms with van der Waals surface area (Å²) in [4.78, 5) is 52.0. The second-order valence-electron chi connectivity index (χ2n) is 8.85. The molecule has 11 nitrogen and oxygen atoms in total. The number of hydrogen-bond donors (Lipinski definition) is 3. The molecule has 12 heteroatoms. The highest BCUT2D eigenvalue weighted by Gasteiger charge is 2.36. The van der Waals surface area contributed by atoms with Crippen LogP contribution in [0.3, 0.4) is 0 Å². The van der Waals surface area contributed by atoms with E-state index in [1.807, 2.05) is 12.3 Å². The van der Waals surface area contributed by atoms with Crippen LogP contribution in [-0.4, -0.2) is 77.7 Å². The molecule has 2 atom stereocenters. The van der Waals surface area contributed by atoms with Crippen molar-refractivity contribution in [3.05, 3.63) is 29.3 Å². The molecule has 3 N–H and O–H groups in total. The molecule has 0 radical (unpaired) electrons. The molecule has 3 amide bonds. The Bertz CT molecular complexity index is 988. The van der Waals surface area contributed by atoms with Crippen LogP contribution in [0.15, 0.2) is 18.2 Å². The van der Waals surface area contributed by atoms with E-state index in [0.29, 0.717) is 16.9 Å². The molecule has 0 heterocycles. The van der Waals surface area contributed by atoms with E-state index in [1.54, 1.807) is 27.7 Å². The molecule has 0 aliphatic carbocycles. The van der Waals surface area contributed by atoms with Gasteiger partial charge in [-0.25, -0.2) is 4.79 Å². The summed E-state index contributed by atoms with van der Waals surface area (Å²) in [7, 11) is 1.17. The smallest absolute Gasteiger partial charge is 0.408 e. The van der Waals surface area contributed by atoms with Gasteiger partial charge >= 0.3 is 12.1 Å². The standard InChI is InChI=1S/C24H34N4O7S/c1-15-13-16(7-8-18(15)29)20(21(31)26-14-19(30)34-5)28(11-10-25)22(32)17(9-12-36-6)27-23(33)35-24(2,3)4/h7-8,13,17,20,29H,9,11-12,14H2,1-6H3,(H,26,31)(H,27,33). The van der Waals surface area contributed by atoms with Crippen molar-refractivity contribution in [1.82, 2.24) is 15.5 Å². The number of nitriles is 1. The van der Waals surface area contributed by atoms with Crippen molar-refractivity contribution in [2.75, 3.05) is 32.2 Å². The molecular formula is C24H34N4O7S. The minimum atomic E-state index is -1.33. The summed E-state index contributed by atoms with van der Waals surface area (Å²) in [6, 6.07) is 3.79. The number of aryl methyl sites for hydroxylation is 1. The maximum absolute atomic E-state index is 13.7. The maximum atomic E-state index is 13.7. The van der Waals surface area contributed by atoms with Gasteiger partial charge in [0, 0.05) is 0 Å². The van der Waals surface area contributed by atoms with Crippen LogP contribution >= 0.6 is 11.8 Å². The number of phenols is 1. The number of ether oxygens (including phenoxy) is 2. The molecule has 0 fully saturated rings. The SMILES string of the molecule is COC(=O)CNC(=O)C(c1ccc(O)c(C)c1)N(CC#N)C(=O)C(CCSC)NC(=O)OC(C)(C)C. The van der Waals surface area contributed by atoms with Crippen LogP contribution in [0.4, 0.5) is 4.79 Å². The first-order chi connectivity index (χ1) is 16.8. The average molecular weight is 523 g/mol. The summed E-state index contributed by atoms with van der Waals surface area (Å²) in [6.07, 6.45) is 1.24. The summed E-state index contributed by atoms with van der Waals surface area (Å²) in [5.41, 5.74) is -0.0609. The van der Waals surface area contributed by atoms with E-state index < -0.39 is 54.7 Å². The van der Waals surface area contributed by atoms with Crippen molar-refractivity contribution in [2.45, 2.75) is 51.8 Å². The molecule has 0 aromatic heterocycles.